The molecule has 104 valence electrons. The van der Waals surface area contributed by atoms with Gasteiger partial charge in [-0.1, -0.05) is 13.3 Å². The predicted octanol–water partition coefficient (Wildman–Crippen LogP) is 2.94. The molecule has 0 aliphatic carbocycles. The molecular formula is C15H20O4. The monoisotopic (exact) mass is 264 g/mol. The first kappa shape index (κ1) is 15.2. The number of hydrogen-bond acceptors (Lipinski definition) is 3. The molecule has 4 nitrogen and oxygen atoms in total. The molecule has 1 N–H and O–H groups in total. The number of ether oxygens (including phenoxy) is 1. The maximum Gasteiger partial charge on any atom is 0.422 e. The minimum absolute atomic E-state index is 0.349. The van der Waals surface area contributed by atoms with Crippen LogP contribution in [0.25, 0.3) is 0 Å². The molecule has 0 aliphatic rings. The van der Waals surface area contributed by atoms with E-state index in [1.165, 1.54) is 5.56 Å². The number of unbranched alkanes of at least 4 members (excludes halogenated alkanes) is 1. The van der Waals surface area contributed by atoms with E-state index in [4.69, 9.17) is 9.84 Å². The number of hydrogen-bond donors (Lipinski definition) is 1. The zero-order chi connectivity index (χ0) is 14.6. The standard InChI is InChI=1S/C15H20O4/c1-5-6-7-12-8-13(19-15(18)14(16)17)11(4)9(2)10(12)3/h8H,5-7H2,1-4H3,(H,16,17). The van der Waals surface area contributed by atoms with Crippen LogP contribution in [0.15, 0.2) is 6.07 Å². The van der Waals surface area contributed by atoms with Gasteiger partial charge in [-0.05, 0) is 61.9 Å². The third-order valence-electron chi connectivity index (χ3n) is 3.46. The Morgan fingerprint density at radius 1 is 1.16 bits per heavy atom. The molecule has 4 heteroatoms. The summed E-state index contributed by atoms with van der Waals surface area (Å²) in [5, 5.41) is 8.59. The van der Waals surface area contributed by atoms with E-state index in [2.05, 4.69) is 6.92 Å². The van der Waals surface area contributed by atoms with Crippen LogP contribution in [0.3, 0.4) is 0 Å². The summed E-state index contributed by atoms with van der Waals surface area (Å²) in [4.78, 5) is 21.7. The van der Waals surface area contributed by atoms with Crippen LogP contribution < -0.4 is 4.74 Å². The van der Waals surface area contributed by atoms with E-state index in [-0.39, 0.29) is 0 Å². The maximum absolute atomic E-state index is 11.2. The van der Waals surface area contributed by atoms with E-state index in [0.29, 0.717) is 5.75 Å². The van der Waals surface area contributed by atoms with Crippen LogP contribution in [0.2, 0.25) is 0 Å². The Hall–Kier alpha value is -1.84. The highest BCUT2D eigenvalue weighted by molar-refractivity contribution is 6.29. The number of aliphatic carboxylic acids is 1. The third kappa shape index (κ3) is 3.56. The number of carboxylic acid groups (broad SMARTS) is 1. The van der Waals surface area contributed by atoms with E-state index >= 15 is 0 Å². The highest BCUT2D eigenvalue weighted by atomic mass is 16.6. The van der Waals surface area contributed by atoms with Crippen molar-refractivity contribution < 1.29 is 19.4 Å². The maximum atomic E-state index is 11.2. The summed E-state index contributed by atoms with van der Waals surface area (Å²) in [6.07, 6.45) is 3.04. The Balaban J connectivity index is 3.13. The molecule has 1 aromatic carbocycles. The lowest BCUT2D eigenvalue weighted by Crippen LogP contribution is -2.20. The van der Waals surface area contributed by atoms with Crippen molar-refractivity contribution in [2.45, 2.75) is 47.0 Å². The van der Waals surface area contributed by atoms with Crippen molar-refractivity contribution in [2.75, 3.05) is 0 Å². The number of benzene rings is 1. The summed E-state index contributed by atoms with van der Waals surface area (Å²) in [7, 11) is 0. The molecule has 0 saturated heterocycles. The lowest BCUT2D eigenvalue weighted by Gasteiger charge is -2.15. The average Bonchev–Trinajstić information content (AvgIpc) is 2.37. The van der Waals surface area contributed by atoms with Crippen LogP contribution in [-0.4, -0.2) is 17.0 Å². The molecule has 0 unspecified atom stereocenters. The molecule has 1 aromatic rings. The second kappa shape index (κ2) is 6.36. The van der Waals surface area contributed by atoms with Gasteiger partial charge in [-0.3, -0.25) is 0 Å². The van der Waals surface area contributed by atoms with Crippen molar-refractivity contribution in [2.24, 2.45) is 0 Å². The zero-order valence-corrected chi connectivity index (χ0v) is 11.9. The first-order chi connectivity index (χ1) is 8.88. The summed E-state index contributed by atoms with van der Waals surface area (Å²) in [6.45, 7) is 7.94. The summed E-state index contributed by atoms with van der Waals surface area (Å²) in [5.41, 5.74) is 4.15. The van der Waals surface area contributed by atoms with Crippen molar-refractivity contribution >= 4 is 11.9 Å². The number of carbonyl (C=O) groups excluding carboxylic acids is 1. The fourth-order valence-corrected chi connectivity index (χ4v) is 1.96. The Bertz CT molecular complexity index is 503. The van der Waals surface area contributed by atoms with E-state index in [9.17, 15) is 9.59 Å². The summed E-state index contributed by atoms with van der Waals surface area (Å²) in [6, 6.07) is 1.79. The first-order valence-electron chi connectivity index (χ1n) is 6.43. The molecule has 0 fully saturated rings. The quantitative estimate of drug-likeness (QED) is 0.516. The average molecular weight is 264 g/mol. The van der Waals surface area contributed by atoms with Gasteiger partial charge in [0, 0.05) is 0 Å². The topological polar surface area (TPSA) is 63.6 Å². The van der Waals surface area contributed by atoms with Gasteiger partial charge in [-0.2, -0.15) is 0 Å². The number of esters is 1. The molecule has 0 aliphatic heterocycles. The largest absolute Gasteiger partial charge is 0.473 e. The molecule has 0 aromatic heterocycles. The lowest BCUT2D eigenvalue weighted by atomic mass is 9.95. The van der Waals surface area contributed by atoms with Crippen LogP contribution in [0, 0.1) is 20.8 Å². The van der Waals surface area contributed by atoms with Gasteiger partial charge in [0.25, 0.3) is 0 Å². The molecule has 0 amide bonds. The highest BCUT2D eigenvalue weighted by Gasteiger charge is 2.18. The first-order valence-corrected chi connectivity index (χ1v) is 6.43. The number of rotatable bonds is 4. The van der Waals surface area contributed by atoms with Crippen molar-refractivity contribution in [3.05, 3.63) is 28.3 Å². The molecule has 1 rings (SSSR count). The van der Waals surface area contributed by atoms with Gasteiger partial charge in [0.05, 0.1) is 0 Å². The van der Waals surface area contributed by atoms with Gasteiger partial charge in [-0.25, -0.2) is 9.59 Å². The molecule has 0 radical (unpaired) electrons. The van der Waals surface area contributed by atoms with E-state index in [1.54, 1.807) is 6.07 Å². The van der Waals surface area contributed by atoms with Crippen LogP contribution in [0.1, 0.15) is 42.0 Å². The minimum atomic E-state index is -1.58. The van der Waals surface area contributed by atoms with Crippen LogP contribution >= 0.6 is 0 Å². The Labute approximate surface area is 113 Å². The molecule has 19 heavy (non-hydrogen) atoms. The van der Waals surface area contributed by atoms with Gasteiger partial charge in [0.2, 0.25) is 0 Å². The van der Waals surface area contributed by atoms with E-state index in [1.807, 2.05) is 20.8 Å². The Kier molecular flexibility index (Phi) is 5.10. The SMILES string of the molecule is CCCCc1cc(OC(=O)C(=O)O)c(C)c(C)c1C. The summed E-state index contributed by atoms with van der Waals surface area (Å²) < 4.78 is 4.92. The fourth-order valence-electron chi connectivity index (χ4n) is 1.96. The van der Waals surface area contributed by atoms with Gasteiger partial charge in [0.1, 0.15) is 5.75 Å². The normalized spacial score (nSPS) is 10.3. The third-order valence-corrected chi connectivity index (χ3v) is 3.46. The number of carboxylic acids is 1. The minimum Gasteiger partial charge on any atom is -0.473 e. The second-order valence-electron chi connectivity index (χ2n) is 4.71. The van der Waals surface area contributed by atoms with Crippen LogP contribution in [0.4, 0.5) is 0 Å². The fraction of sp³-hybridized carbons (Fsp3) is 0.467. The van der Waals surface area contributed by atoms with Crippen molar-refractivity contribution in [1.29, 1.82) is 0 Å². The second-order valence-corrected chi connectivity index (χ2v) is 4.71. The van der Waals surface area contributed by atoms with E-state index in [0.717, 1.165) is 36.0 Å². The Morgan fingerprint density at radius 2 is 1.79 bits per heavy atom. The molecule has 0 bridgehead atoms. The lowest BCUT2D eigenvalue weighted by molar-refractivity contribution is -0.158. The summed E-state index contributed by atoms with van der Waals surface area (Å²) in [5.74, 6) is -2.47. The molecule has 0 heterocycles. The summed E-state index contributed by atoms with van der Waals surface area (Å²) >= 11 is 0. The molecule has 0 spiro atoms. The Morgan fingerprint density at radius 3 is 2.32 bits per heavy atom. The number of aryl methyl sites for hydroxylation is 1. The number of carbonyl (C=O) groups is 2. The van der Waals surface area contributed by atoms with E-state index < -0.39 is 11.9 Å². The van der Waals surface area contributed by atoms with Crippen molar-refractivity contribution in [1.82, 2.24) is 0 Å². The smallest absolute Gasteiger partial charge is 0.422 e. The van der Waals surface area contributed by atoms with Gasteiger partial charge in [-0.15, -0.1) is 0 Å². The van der Waals surface area contributed by atoms with Gasteiger partial charge in [0.15, 0.2) is 0 Å². The molecule has 0 atom stereocenters. The molecular weight excluding hydrogens is 244 g/mol. The van der Waals surface area contributed by atoms with Crippen LogP contribution in [-0.2, 0) is 16.0 Å². The highest BCUT2D eigenvalue weighted by Crippen LogP contribution is 2.28. The molecule has 0 saturated carbocycles. The zero-order valence-electron chi connectivity index (χ0n) is 11.9. The van der Waals surface area contributed by atoms with Crippen LogP contribution in [0.5, 0.6) is 5.75 Å². The van der Waals surface area contributed by atoms with Crippen molar-refractivity contribution in [3.8, 4) is 5.75 Å². The van der Waals surface area contributed by atoms with Gasteiger partial charge >= 0.3 is 11.9 Å². The van der Waals surface area contributed by atoms with Crippen molar-refractivity contribution in [3.63, 3.8) is 0 Å². The predicted molar refractivity (Wildman–Crippen MR) is 72.5 cm³/mol. The van der Waals surface area contributed by atoms with Gasteiger partial charge < -0.3 is 9.84 Å².